The number of hydrogen-bond acceptors (Lipinski definition) is 3. The number of aliphatic hydroxyl groups excluding tert-OH is 1. The molecule has 0 amide bonds. The Balaban J connectivity index is 1.90. The Morgan fingerprint density at radius 3 is 2.57 bits per heavy atom. The second-order valence-corrected chi connectivity index (χ2v) is 5.71. The minimum absolute atomic E-state index is 0.0888. The molecule has 0 heterocycles. The molecule has 0 bridgehead atoms. The van der Waals surface area contributed by atoms with Gasteiger partial charge >= 0.3 is 0 Å². The zero-order valence-corrected chi connectivity index (χ0v) is 13.8. The molecule has 2 aromatic carbocycles. The number of benzene rings is 2. The van der Waals surface area contributed by atoms with Gasteiger partial charge in [0.1, 0.15) is 18.2 Å². The summed E-state index contributed by atoms with van der Waals surface area (Å²) >= 11 is 5.97. The van der Waals surface area contributed by atoms with Crippen molar-refractivity contribution in [2.24, 2.45) is 0 Å². The summed E-state index contributed by atoms with van der Waals surface area (Å²) in [4.78, 5) is 0. The molecule has 3 nitrogen and oxygen atoms in total. The summed E-state index contributed by atoms with van der Waals surface area (Å²) in [5.41, 5.74) is 1.45. The Bertz CT molecular complexity index is 595. The van der Waals surface area contributed by atoms with E-state index in [0.29, 0.717) is 22.9 Å². The average Bonchev–Trinajstić information content (AvgIpc) is 2.56. The van der Waals surface area contributed by atoms with Crippen LogP contribution >= 0.6 is 11.6 Å². The van der Waals surface area contributed by atoms with E-state index in [-0.39, 0.29) is 25.1 Å². The third kappa shape index (κ3) is 5.20. The Morgan fingerprint density at radius 1 is 1.22 bits per heavy atom. The molecule has 0 unspecified atom stereocenters. The number of ether oxygens (including phenoxy) is 1. The maximum absolute atomic E-state index is 13.7. The van der Waals surface area contributed by atoms with Crippen molar-refractivity contribution in [1.29, 1.82) is 0 Å². The molecule has 0 fully saturated rings. The van der Waals surface area contributed by atoms with Gasteiger partial charge in [-0.1, -0.05) is 36.7 Å². The van der Waals surface area contributed by atoms with Crippen molar-refractivity contribution in [3.63, 3.8) is 0 Å². The maximum Gasteiger partial charge on any atom is 0.131 e. The van der Waals surface area contributed by atoms with E-state index in [1.54, 1.807) is 12.1 Å². The van der Waals surface area contributed by atoms with Crippen LogP contribution in [0.4, 0.5) is 4.39 Å². The van der Waals surface area contributed by atoms with Gasteiger partial charge in [-0.3, -0.25) is 0 Å². The molecule has 124 valence electrons. The molecule has 0 aliphatic carbocycles. The summed E-state index contributed by atoms with van der Waals surface area (Å²) in [6.07, 6.45) is 0.876. The van der Waals surface area contributed by atoms with Gasteiger partial charge in [0.25, 0.3) is 0 Å². The summed E-state index contributed by atoms with van der Waals surface area (Å²) in [6, 6.07) is 12.2. The smallest absolute Gasteiger partial charge is 0.131 e. The van der Waals surface area contributed by atoms with Crippen LogP contribution in [-0.4, -0.2) is 17.8 Å². The van der Waals surface area contributed by atoms with Crippen LogP contribution in [0.25, 0.3) is 0 Å². The summed E-state index contributed by atoms with van der Waals surface area (Å²) in [5.74, 6) is 0.287. The molecule has 0 radical (unpaired) electrons. The third-order valence-electron chi connectivity index (χ3n) is 3.68. The predicted octanol–water partition coefficient (Wildman–Crippen LogP) is 3.92. The topological polar surface area (TPSA) is 41.5 Å². The van der Waals surface area contributed by atoms with Crippen molar-refractivity contribution in [1.82, 2.24) is 5.32 Å². The largest absolute Gasteiger partial charge is 0.489 e. The van der Waals surface area contributed by atoms with Crippen LogP contribution in [0.5, 0.6) is 5.75 Å². The number of nitrogens with one attached hydrogen (secondary N) is 1. The molecule has 0 saturated heterocycles. The molecule has 1 atom stereocenters. The lowest BCUT2D eigenvalue weighted by atomic mass is 10.2. The monoisotopic (exact) mass is 337 g/mol. The van der Waals surface area contributed by atoms with E-state index in [4.69, 9.17) is 21.4 Å². The van der Waals surface area contributed by atoms with Crippen LogP contribution in [-0.2, 0) is 13.2 Å². The first-order valence-electron chi connectivity index (χ1n) is 7.63. The van der Waals surface area contributed by atoms with Gasteiger partial charge in [0.2, 0.25) is 0 Å². The van der Waals surface area contributed by atoms with E-state index in [1.165, 1.54) is 6.07 Å². The highest BCUT2D eigenvalue weighted by Crippen LogP contribution is 2.21. The standard InChI is InChI=1S/C18H21ClFNO2/c1-2-14(11-22)21-10-13-6-8-15(9-7-13)23-12-16-17(19)4-3-5-18(16)20/h3-9,14,21-22H,2,10-12H2,1H3/t14-/m1/s1. The van der Waals surface area contributed by atoms with Crippen molar-refractivity contribution in [2.45, 2.75) is 32.5 Å². The highest BCUT2D eigenvalue weighted by molar-refractivity contribution is 6.31. The first-order chi connectivity index (χ1) is 11.1. The first kappa shape index (κ1) is 17.7. The first-order valence-corrected chi connectivity index (χ1v) is 8.00. The summed E-state index contributed by atoms with van der Waals surface area (Å²) in [6.45, 7) is 2.92. The fourth-order valence-corrected chi connectivity index (χ4v) is 2.35. The molecule has 5 heteroatoms. The molecule has 0 aliphatic rings. The zero-order valence-electron chi connectivity index (χ0n) is 13.1. The van der Waals surface area contributed by atoms with Gasteiger partial charge < -0.3 is 15.2 Å². The second kappa shape index (κ2) is 8.87. The highest BCUT2D eigenvalue weighted by atomic mass is 35.5. The van der Waals surface area contributed by atoms with Crippen LogP contribution in [0.3, 0.4) is 0 Å². The maximum atomic E-state index is 13.7. The minimum atomic E-state index is -0.368. The zero-order chi connectivity index (χ0) is 16.7. The van der Waals surface area contributed by atoms with Gasteiger partial charge in [-0.25, -0.2) is 4.39 Å². The average molecular weight is 338 g/mol. The molecule has 23 heavy (non-hydrogen) atoms. The molecule has 2 aromatic rings. The van der Waals surface area contributed by atoms with E-state index in [2.05, 4.69) is 5.32 Å². The van der Waals surface area contributed by atoms with Crippen molar-refractivity contribution in [2.75, 3.05) is 6.61 Å². The van der Waals surface area contributed by atoms with Gasteiger partial charge in [-0.2, -0.15) is 0 Å². The summed E-state index contributed by atoms with van der Waals surface area (Å²) in [5, 5.41) is 12.8. The highest BCUT2D eigenvalue weighted by Gasteiger charge is 2.08. The van der Waals surface area contributed by atoms with Crippen molar-refractivity contribution in [3.05, 3.63) is 64.4 Å². The lowest BCUT2D eigenvalue weighted by molar-refractivity contribution is 0.238. The number of hydrogen-bond donors (Lipinski definition) is 2. The van der Waals surface area contributed by atoms with Gasteiger partial charge in [-0.15, -0.1) is 0 Å². The second-order valence-electron chi connectivity index (χ2n) is 5.30. The number of halogens is 2. The summed E-state index contributed by atoms with van der Waals surface area (Å²) in [7, 11) is 0. The van der Waals surface area contributed by atoms with E-state index in [9.17, 15) is 4.39 Å². The molecule has 0 aliphatic heterocycles. The SMILES string of the molecule is CC[C@H](CO)NCc1ccc(OCc2c(F)cccc2Cl)cc1. The third-order valence-corrected chi connectivity index (χ3v) is 4.03. The van der Waals surface area contributed by atoms with Crippen LogP contribution < -0.4 is 10.1 Å². The molecular weight excluding hydrogens is 317 g/mol. The van der Waals surface area contributed by atoms with Crippen molar-refractivity contribution < 1.29 is 14.2 Å². The molecular formula is C18H21ClFNO2. The Kier molecular flexibility index (Phi) is 6.84. The normalized spacial score (nSPS) is 12.2. The lowest BCUT2D eigenvalue weighted by Crippen LogP contribution is -2.31. The molecule has 0 spiro atoms. The van der Waals surface area contributed by atoms with Crippen molar-refractivity contribution >= 4 is 11.6 Å². The van der Waals surface area contributed by atoms with Crippen LogP contribution in [0, 0.1) is 5.82 Å². The van der Waals surface area contributed by atoms with Crippen LogP contribution in [0.1, 0.15) is 24.5 Å². The van der Waals surface area contributed by atoms with E-state index < -0.39 is 0 Å². The lowest BCUT2D eigenvalue weighted by Gasteiger charge is -2.14. The fraction of sp³-hybridized carbons (Fsp3) is 0.333. The van der Waals surface area contributed by atoms with Crippen LogP contribution in [0.15, 0.2) is 42.5 Å². The predicted molar refractivity (Wildman–Crippen MR) is 90.2 cm³/mol. The van der Waals surface area contributed by atoms with E-state index in [1.807, 2.05) is 31.2 Å². The Hall–Kier alpha value is -1.62. The van der Waals surface area contributed by atoms with Gasteiger partial charge in [0.15, 0.2) is 0 Å². The quantitative estimate of drug-likeness (QED) is 0.767. The van der Waals surface area contributed by atoms with Gasteiger partial charge in [0, 0.05) is 18.2 Å². The molecule has 2 N–H and O–H groups in total. The van der Waals surface area contributed by atoms with E-state index in [0.717, 1.165) is 12.0 Å². The van der Waals surface area contributed by atoms with Crippen LogP contribution in [0.2, 0.25) is 5.02 Å². The molecule has 0 aromatic heterocycles. The number of aliphatic hydroxyl groups is 1. The van der Waals surface area contributed by atoms with Gasteiger partial charge in [0.05, 0.1) is 11.6 Å². The van der Waals surface area contributed by atoms with Crippen molar-refractivity contribution in [3.8, 4) is 5.75 Å². The molecule has 0 saturated carbocycles. The Morgan fingerprint density at radius 2 is 1.96 bits per heavy atom. The number of rotatable bonds is 8. The van der Waals surface area contributed by atoms with E-state index >= 15 is 0 Å². The van der Waals surface area contributed by atoms with Gasteiger partial charge in [-0.05, 0) is 36.2 Å². The fourth-order valence-electron chi connectivity index (χ4n) is 2.13. The molecule has 2 rings (SSSR count). The minimum Gasteiger partial charge on any atom is -0.489 e. The summed E-state index contributed by atoms with van der Waals surface area (Å²) < 4.78 is 19.3. The Labute approximate surface area is 141 Å².